The number of benzene rings is 3. The van der Waals surface area contributed by atoms with E-state index in [1.54, 1.807) is 24.3 Å². The normalized spacial score (nSPS) is 17.8. The van der Waals surface area contributed by atoms with Crippen molar-refractivity contribution in [1.82, 2.24) is 0 Å². The van der Waals surface area contributed by atoms with Crippen molar-refractivity contribution in [3.05, 3.63) is 119 Å². The summed E-state index contributed by atoms with van der Waals surface area (Å²) in [6, 6.07) is 25.4. The summed E-state index contributed by atoms with van der Waals surface area (Å²) in [5.41, 5.74) is 2.85. The van der Waals surface area contributed by atoms with Crippen LogP contribution in [-0.2, 0) is 22.4 Å². The summed E-state index contributed by atoms with van der Waals surface area (Å²) in [5.74, 6) is -0.0722. The van der Waals surface area contributed by atoms with E-state index in [2.05, 4.69) is 17.4 Å². The Morgan fingerprint density at radius 2 is 1.76 bits per heavy atom. The van der Waals surface area contributed by atoms with Crippen LogP contribution < -0.4 is 10.1 Å². The number of ether oxygens (including phenoxy) is 3. The number of fused-ring (bicyclic) bond motifs is 1. The smallest absolute Gasteiger partial charge is 0.374 e. The van der Waals surface area contributed by atoms with Crippen LogP contribution in [0.1, 0.15) is 47.2 Å². The van der Waals surface area contributed by atoms with Gasteiger partial charge in [-0.3, -0.25) is 0 Å². The lowest BCUT2D eigenvalue weighted by Gasteiger charge is -2.43. The highest BCUT2D eigenvalue weighted by Gasteiger charge is 2.47. The van der Waals surface area contributed by atoms with Crippen LogP contribution in [0.3, 0.4) is 0 Å². The first kappa shape index (κ1) is 25.5. The van der Waals surface area contributed by atoms with E-state index in [1.165, 1.54) is 18.4 Å². The number of rotatable bonds is 9. The number of esters is 1. The molecule has 1 N–H and O–H groups in total. The fraction of sp³-hybridized carbons (Fsp3) is 0.258. The number of hydrogen-bond donors (Lipinski definition) is 1. The number of hydrogen-bond acceptors (Lipinski definition) is 6. The molecule has 2 heterocycles. The Bertz CT molecular complexity index is 1350. The van der Waals surface area contributed by atoms with Crippen molar-refractivity contribution in [3.8, 4) is 5.75 Å². The first-order chi connectivity index (χ1) is 18.4. The van der Waals surface area contributed by atoms with Crippen molar-refractivity contribution in [2.45, 2.75) is 44.6 Å². The van der Waals surface area contributed by atoms with Gasteiger partial charge in [-0.25, -0.2) is 9.18 Å². The fourth-order valence-corrected chi connectivity index (χ4v) is 4.55. The maximum absolute atomic E-state index is 13.3. The van der Waals surface area contributed by atoms with E-state index >= 15 is 0 Å². The number of carbonyl (C=O) groups is 1. The molecule has 196 valence electrons. The van der Waals surface area contributed by atoms with Crippen LogP contribution in [0, 0.1) is 5.82 Å². The minimum Gasteiger partial charge on any atom is -0.483 e. The van der Waals surface area contributed by atoms with Crippen molar-refractivity contribution < 1.29 is 27.8 Å². The van der Waals surface area contributed by atoms with Gasteiger partial charge in [-0.05, 0) is 73.9 Å². The highest BCUT2D eigenvalue weighted by Crippen LogP contribution is 2.44. The summed E-state index contributed by atoms with van der Waals surface area (Å²) in [6.07, 6.45) is 0.816. The van der Waals surface area contributed by atoms with Crippen molar-refractivity contribution in [3.63, 3.8) is 0 Å². The van der Waals surface area contributed by atoms with E-state index in [-0.39, 0.29) is 11.6 Å². The van der Waals surface area contributed by atoms with Crippen molar-refractivity contribution in [2.75, 3.05) is 11.9 Å². The molecule has 0 fully saturated rings. The van der Waals surface area contributed by atoms with Gasteiger partial charge in [0.25, 0.3) is 0 Å². The molecule has 4 aromatic rings. The second-order valence-electron chi connectivity index (χ2n) is 9.77. The molecule has 0 bridgehead atoms. The molecule has 0 amide bonds. The molecule has 1 aliphatic heterocycles. The molecule has 0 radical (unpaired) electrons. The van der Waals surface area contributed by atoms with Gasteiger partial charge in [-0.15, -0.1) is 0 Å². The molecule has 0 saturated carbocycles. The molecule has 7 heteroatoms. The van der Waals surface area contributed by atoms with Crippen LogP contribution in [0.5, 0.6) is 5.75 Å². The van der Waals surface area contributed by atoms with Gasteiger partial charge in [0, 0.05) is 17.8 Å². The van der Waals surface area contributed by atoms with Crippen molar-refractivity contribution >= 4 is 11.7 Å². The fourth-order valence-electron chi connectivity index (χ4n) is 4.55. The highest BCUT2D eigenvalue weighted by molar-refractivity contribution is 5.86. The maximum atomic E-state index is 13.3. The first-order valence-corrected chi connectivity index (χ1v) is 12.6. The number of anilines is 1. The summed E-state index contributed by atoms with van der Waals surface area (Å²) >= 11 is 0. The average Bonchev–Trinajstić information content (AvgIpc) is 3.46. The topological polar surface area (TPSA) is 69.9 Å². The van der Waals surface area contributed by atoms with Crippen LogP contribution in [0.25, 0.3) is 0 Å². The van der Waals surface area contributed by atoms with Gasteiger partial charge in [0.05, 0.1) is 12.9 Å². The van der Waals surface area contributed by atoms with E-state index in [4.69, 9.17) is 18.6 Å². The molecule has 0 aliphatic carbocycles. The van der Waals surface area contributed by atoms with Gasteiger partial charge < -0.3 is 23.9 Å². The van der Waals surface area contributed by atoms with Gasteiger partial charge >= 0.3 is 5.97 Å². The summed E-state index contributed by atoms with van der Waals surface area (Å²) in [4.78, 5) is 12.9. The average molecular weight is 516 g/mol. The van der Waals surface area contributed by atoms with Gasteiger partial charge in [-0.2, -0.15) is 0 Å². The quantitative estimate of drug-likeness (QED) is 0.249. The van der Waals surface area contributed by atoms with Crippen LogP contribution in [0.4, 0.5) is 10.1 Å². The zero-order chi connectivity index (χ0) is 26.5. The molecule has 6 nitrogen and oxygen atoms in total. The van der Waals surface area contributed by atoms with Gasteiger partial charge in [0.2, 0.25) is 5.76 Å². The Morgan fingerprint density at radius 3 is 2.50 bits per heavy atom. The van der Waals surface area contributed by atoms with E-state index in [1.807, 2.05) is 50.2 Å². The van der Waals surface area contributed by atoms with Gasteiger partial charge in [0.1, 0.15) is 23.3 Å². The van der Waals surface area contributed by atoms with Crippen molar-refractivity contribution in [1.29, 1.82) is 0 Å². The minimum absolute atomic E-state index is 0.115. The number of furan rings is 1. The molecule has 3 aromatic carbocycles. The second-order valence-corrected chi connectivity index (χ2v) is 9.77. The Balaban J connectivity index is 1.41. The Hall–Kier alpha value is -4.10. The van der Waals surface area contributed by atoms with Crippen LogP contribution in [0.2, 0.25) is 0 Å². The zero-order valence-electron chi connectivity index (χ0n) is 21.4. The van der Waals surface area contributed by atoms with Gasteiger partial charge in [0.15, 0.2) is 6.10 Å². The molecular formula is C31H30FNO5. The summed E-state index contributed by atoms with van der Waals surface area (Å²) in [5, 5.41) is 3.38. The number of nitrogens with one attached hydrogen (secondary N) is 1. The van der Waals surface area contributed by atoms with Crippen molar-refractivity contribution in [2.24, 2.45) is 0 Å². The predicted octanol–water partition coefficient (Wildman–Crippen LogP) is 6.73. The Kier molecular flexibility index (Phi) is 7.47. The van der Waals surface area contributed by atoms with Crippen LogP contribution in [0.15, 0.2) is 95.6 Å². The van der Waals surface area contributed by atoms with E-state index in [0.717, 1.165) is 22.4 Å². The summed E-state index contributed by atoms with van der Waals surface area (Å²) in [7, 11) is 0. The second kappa shape index (κ2) is 11.1. The number of carbonyl (C=O) groups excluding carboxylic acids is 1. The Morgan fingerprint density at radius 1 is 0.974 bits per heavy atom. The lowest BCUT2D eigenvalue weighted by molar-refractivity contribution is -0.140. The number of halogens is 1. The van der Waals surface area contributed by atoms with E-state index in [9.17, 15) is 9.18 Å². The van der Waals surface area contributed by atoms with Crippen LogP contribution in [-0.4, -0.2) is 24.3 Å². The molecule has 1 aromatic heterocycles. The molecule has 2 unspecified atom stereocenters. The SMILES string of the molecule is CC1(C)Oc2ccc(NCc3ccc(F)cc3)cc2C(OCCc2ccccc2)C1OC(=O)c1ccco1. The van der Waals surface area contributed by atoms with Crippen LogP contribution >= 0.6 is 0 Å². The third-order valence-corrected chi connectivity index (χ3v) is 6.55. The standard InChI is InChI=1S/C31H30FNO5/c1-31(2)29(37-30(34)27-9-6-17-35-27)28(36-18-16-21-7-4-3-5-8-21)25-19-24(14-15-26(25)38-31)33-20-22-10-12-23(32)13-11-22/h3-15,17,19,28-29,33H,16,18,20H2,1-2H3. The zero-order valence-corrected chi connectivity index (χ0v) is 21.4. The molecule has 0 spiro atoms. The summed E-state index contributed by atoms with van der Waals surface area (Å²) < 4.78 is 37.3. The highest BCUT2D eigenvalue weighted by atomic mass is 19.1. The van der Waals surface area contributed by atoms with E-state index in [0.29, 0.717) is 25.3 Å². The molecule has 5 rings (SSSR count). The monoisotopic (exact) mass is 515 g/mol. The molecular weight excluding hydrogens is 485 g/mol. The Labute approximate surface area is 221 Å². The van der Waals surface area contributed by atoms with Gasteiger partial charge in [-0.1, -0.05) is 42.5 Å². The molecule has 0 saturated heterocycles. The predicted molar refractivity (Wildman–Crippen MR) is 142 cm³/mol. The lowest BCUT2D eigenvalue weighted by atomic mass is 9.87. The third-order valence-electron chi connectivity index (χ3n) is 6.55. The van der Waals surface area contributed by atoms with E-state index < -0.39 is 23.8 Å². The third kappa shape index (κ3) is 5.89. The molecule has 1 aliphatic rings. The first-order valence-electron chi connectivity index (χ1n) is 12.6. The molecule has 2 atom stereocenters. The lowest BCUT2D eigenvalue weighted by Crippen LogP contribution is -2.51. The molecule has 38 heavy (non-hydrogen) atoms. The summed E-state index contributed by atoms with van der Waals surface area (Å²) in [6.45, 7) is 4.70. The maximum Gasteiger partial charge on any atom is 0.374 e. The minimum atomic E-state index is -0.865. The largest absolute Gasteiger partial charge is 0.483 e.